The van der Waals surface area contributed by atoms with Gasteiger partial charge < -0.3 is 11.1 Å². The molecule has 0 aliphatic heterocycles. The minimum Gasteiger partial charge on any atom is -0.381 e. The number of hydrogen-bond acceptors (Lipinski definition) is 4. The topological polar surface area (TPSA) is 63.8 Å². The second kappa shape index (κ2) is 5.27. The molecule has 0 atom stereocenters. The molecule has 106 valence electrons. The van der Waals surface area contributed by atoms with Crippen LogP contribution in [0.1, 0.15) is 39.0 Å². The molecule has 0 unspecified atom stereocenters. The Balaban J connectivity index is 1.81. The van der Waals surface area contributed by atoms with Crippen molar-refractivity contribution < 1.29 is 0 Å². The van der Waals surface area contributed by atoms with Crippen LogP contribution in [0, 0.1) is 5.41 Å². The van der Waals surface area contributed by atoms with Crippen molar-refractivity contribution in [1.82, 2.24) is 9.97 Å². The van der Waals surface area contributed by atoms with E-state index < -0.39 is 0 Å². The molecule has 0 bridgehead atoms. The van der Waals surface area contributed by atoms with Crippen molar-refractivity contribution in [3.63, 3.8) is 0 Å². The summed E-state index contributed by atoms with van der Waals surface area (Å²) in [5, 5.41) is 3.44. The maximum absolute atomic E-state index is 6.02. The van der Waals surface area contributed by atoms with Gasteiger partial charge in [0.1, 0.15) is 0 Å². The van der Waals surface area contributed by atoms with E-state index in [1.54, 1.807) is 0 Å². The first kappa shape index (κ1) is 13.2. The molecule has 1 aliphatic carbocycles. The van der Waals surface area contributed by atoms with E-state index in [1.165, 1.54) is 32.1 Å². The molecule has 3 N–H and O–H groups in total. The van der Waals surface area contributed by atoms with E-state index in [2.05, 4.69) is 22.2 Å². The summed E-state index contributed by atoms with van der Waals surface area (Å²) in [7, 11) is 0. The summed E-state index contributed by atoms with van der Waals surface area (Å²) in [5.74, 6) is 1.22. The highest BCUT2D eigenvalue weighted by Gasteiger charge is 2.31. The number of rotatable bonds is 4. The van der Waals surface area contributed by atoms with Gasteiger partial charge in [-0.15, -0.1) is 0 Å². The lowest BCUT2D eigenvalue weighted by Crippen LogP contribution is -2.26. The number of nitrogens with zero attached hydrogens (tertiary/aromatic N) is 2. The number of para-hydroxylation sites is 2. The highest BCUT2D eigenvalue weighted by molar-refractivity contribution is 5.79. The van der Waals surface area contributed by atoms with Gasteiger partial charge in [0.2, 0.25) is 0 Å². The van der Waals surface area contributed by atoms with Gasteiger partial charge in [0.25, 0.3) is 0 Å². The molecule has 0 spiro atoms. The average Bonchev–Trinajstić information content (AvgIpc) is 2.94. The third-order valence-corrected chi connectivity index (χ3v) is 4.64. The summed E-state index contributed by atoms with van der Waals surface area (Å²) in [5.41, 5.74) is 8.18. The van der Waals surface area contributed by atoms with Crippen LogP contribution in [-0.2, 0) is 0 Å². The minimum absolute atomic E-state index is 0.416. The number of nitrogen functional groups attached to an aromatic ring is 1. The lowest BCUT2D eigenvalue weighted by Gasteiger charge is -2.28. The Morgan fingerprint density at radius 2 is 1.80 bits per heavy atom. The third-order valence-electron chi connectivity index (χ3n) is 4.64. The van der Waals surface area contributed by atoms with E-state index in [0.29, 0.717) is 11.2 Å². The number of nitrogens with one attached hydrogen (secondary N) is 1. The van der Waals surface area contributed by atoms with Crippen LogP contribution in [-0.4, -0.2) is 16.5 Å². The van der Waals surface area contributed by atoms with E-state index in [0.717, 1.165) is 23.4 Å². The molecule has 0 radical (unpaired) electrons. The molecule has 1 heterocycles. The molecule has 4 nitrogen and oxygen atoms in total. The smallest absolute Gasteiger partial charge is 0.169 e. The standard InChI is InChI=1S/C16H22N4/c1-2-16(9-5-6-10-16)11-18-15-14(17)19-12-7-3-4-8-13(12)20-15/h3-4,7-8H,2,5-6,9-11H2,1H3,(H2,17,19)(H,18,20). The van der Waals surface area contributed by atoms with Crippen LogP contribution >= 0.6 is 0 Å². The normalized spacial score (nSPS) is 17.4. The molecule has 1 aromatic carbocycles. The number of hydrogen-bond donors (Lipinski definition) is 2. The largest absolute Gasteiger partial charge is 0.381 e. The third kappa shape index (κ3) is 2.42. The SMILES string of the molecule is CCC1(CNc2nc3ccccc3nc2N)CCCC1. The molecule has 1 fully saturated rings. The first-order valence-corrected chi connectivity index (χ1v) is 7.49. The summed E-state index contributed by atoms with van der Waals surface area (Å²) in [4.78, 5) is 9.02. The minimum atomic E-state index is 0.416. The van der Waals surface area contributed by atoms with Gasteiger partial charge in [-0.25, -0.2) is 9.97 Å². The van der Waals surface area contributed by atoms with Crippen LogP contribution in [0.3, 0.4) is 0 Å². The summed E-state index contributed by atoms with van der Waals surface area (Å²) in [6.45, 7) is 3.23. The van der Waals surface area contributed by atoms with Crippen molar-refractivity contribution in [3.05, 3.63) is 24.3 Å². The molecule has 4 heteroatoms. The molecule has 1 aromatic heterocycles. The van der Waals surface area contributed by atoms with Crippen molar-refractivity contribution in [1.29, 1.82) is 0 Å². The first-order chi connectivity index (χ1) is 9.72. The summed E-state index contributed by atoms with van der Waals surface area (Å²) < 4.78 is 0. The van der Waals surface area contributed by atoms with Crippen molar-refractivity contribution >= 4 is 22.7 Å². The molecule has 1 saturated carbocycles. The van der Waals surface area contributed by atoms with Crippen LogP contribution in [0.2, 0.25) is 0 Å². The van der Waals surface area contributed by atoms with E-state index in [4.69, 9.17) is 5.73 Å². The Kier molecular flexibility index (Phi) is 3.47. The zero-order chi connectivity index (χ0) is 14.0. The predicted octanol–water partition coefficient (Wildman–Crippen LogP) is 3.59. The Bertz CT molecular complexity index is 602. The summed E-state index contributed by atoms with van der Waals surface area (Å²) >= 11 is 0. The lowest BCUT2D eigenvalue weighted by molar-refractivity contribution is 0.306. The molecule has 3 rings (SSSR count). The number of fused-ring (bicyclic) bond motifs is 1. The van der Waals surface area contributed by atoms with Crippen molar-refractivity contribution in [2.24, 2.45) is 5.41 Å². The Labute approximate surface area is 119 Å². The summed E-state index contributed by atoms with van der Waals surface area (Å²) in [6, 6.07) is 7.83. The van der Waals surface area contributed by atoms with Crippen LogP contribution in [0.5, 0.6) is 0 Å². The number of nitrogens with two attached hydrogens (primary N) is 1. The Hall–Kier alpha value is -1.84. The average molecular weight is 270 g/mol. The monoisotopic (exact) mass is 270 g/mol. The van der Waals surface area contributed by atoms with E-state index in [9.17, 15) is 0 Å². The van der Waals surface area contributed by atoms with Gasteiger partial charge in [0.05, 0.1) is 11.0 Å². The van der Waals surface area contributed by atoms with Gasteiger partial charge in [0, 0.05) is 6.54 Å². The summed E-state index contributed by atoms with van der Waals surface area (Å²) in [6.07, 6.45) is 6.50. The van der Waals surface area contributed by atoms with Crippen molar-refractivity contribution in [2.45, 2.75) is 39.0 Å². The highest BCUT2D eigenvalue weighted by atomic mass is 15.1. The molecular formula is C16H22N4. The first-order valence-electron chi connectivity index (χ1n) is 7.49. The molecule has 0 saturated heterocycles. The zero-order valence-corrected chi connectivity index (χ0v) is 12.0. The highest BCUT2D eigenvalue weighted by Crippen LogP contribution is 2.41. The van der Waals surface area contributed by atoms with E-state index in [1.807, 2.05) is 24.3 Å². The maximum atomic E-state index is 6.02. The molecule has 2 aromatic rings. The molecule has 1 aliphatic rings. The van der Waals surface area contributed by atoms with Crippen LogP contribution in [0.4, 0.5) is 11.6 Å². The van der Waals surface area contributed by atoms with Gasteiger partial charge in [-0.3, -0.25) is 0 Å². The number of aromatic nitrogens is 2. The van der Waals surface area contributed by atoms with Gasteiger partial charge in [0.15, 0.2) is 11.6 Å². The fourth-order valence-electron chi connectivity index (χ4n) is 3.20. The fraction of sp³-hybridized carbons (Fsp3) is 0.500. The van der Waals surface area contributed by atoms with Crippen LogP contribution in [0.25, 0.3) is 11.0 Å². The number of anilines is 2. The molecule has 0 amide bonds. The molecular weight excluding hydrogens is 248 g/mol. The zero-order valence-electron chi connectivity index (χ0n) is 12.0. The van der Waals surface area contributed by atoms with E-state index in [-0.39, 0.29) is 0 Å². The second-order valence-electron chi connectivity index (χ2n) is 5.86. The van der Waals surface area contributed by atoms with Gasteiger partial charge in [-0.05, 0) is 36.8 Å². The quantitative estimate of drug-likeness (QED) is 0.891. The van der Waals surface area contributed by atoms with E-state index >= 15 is 0 Å². The fourth-order valence-corrected chi connectivity index (χ4v) is 3.20. The van der Waals surface area contributed by atoms with Crippen molar-refractivity contribution in [2.75, 3.05) is 17.6 Å². The van der Waals surface area contributed by atoms with Gasteiger partial charge in [-0.1, -0.05) is 31.9 Å². The van der Waals surface area contributed by atoms with Gasteiger partial charge in [-0.2, -0.15) is 0 Å². The number of benzene rings is 1. The van der Waals surface area contributed by atoms with Crippen molar-refractivity contribution in [3.8, 4) is 0 Å². The second-order valence-corrected chi connectivity index (χ2v) is 5.86. The Morgan fingerprint density at radius 1 is 1.15 bits per heavy atom. The predicted molar refractivity (Wildman–Crippen MR) is 83.6 cm³/mol. The maximum Gasteiger partial charge on any atom is 0.169 e. The molecule has 20 heavy (non-hydrogen) atoms. The van der Waals surface area contributed by atoms with Crippen LogP contribution in [0.15, 0.2) is 24.3 Å². The lowest BCUT2D eigenvalue weighted by atomic mass is 9.83. The van der Waals surface area contributed by atoms with Crippen LogP contribution < -0.4 is 11.1 Å². The van der Waals surface area contributed by atoms with Gasteiger partial charge >= 0.3 is 0 Å². The Morgan fingerprint density at radius 3 is 2.45 bits per heavy atom.